The fourth-order valence-electron chi connectivity index (χ4n) is 1.86. The van der Waals surface area contributed by atoms with Crippen LogP contribution in [0.3, 0.4) is 0 Å². The molecule has 0 saturated heterocycles. The second-order valence-corrected chi connectivity index (χ2v) is 4.58. The lowest BCUT2D eigenvalue weighted by Gasteiger charge is -2.26. The molecule has 22 heavy (non-hydrogen) atoms. The third kappa shape index (κ3) is 4.11. The van der Waals surface area contributed by atoms with Crippen molar-refractivity contribution in [2.75, 3.05) is 13.2 Å². The number of carbonyl (C=O) groups is 2. The Labute approximate surface area is 128 Å². The van der Waals surface area contributed by atoms with Gasteiger partial charge in [0.25, 0.3) is 5.91 Å². The minimum absolute atomic E-state index is 0.126. The lowest BCUT2D eigenvalue weighted by atomic mass is 10.0. The average Bonchev–Trinajstić information content (AvgIpc) is 2.47. The molecule has 0 spiro atoms. The van der Waals surface area contributed by atoms with Gasteiger partial charge in [-0.15, -0.1) is 0 Å². The topological polar surface area (TPSA) is 121 Å². The Balaban J connectivity index is 2.95. The van der Waals surface area contributed by atoms with Crippen LogP contribution in [0.4, 0.5) is 0 Å². The fraction of sp³-hybridized carbons (Fsp3) is 0.500. The molecule has 0 radical (unpaired) electrons. The van der Waals surface area contributed by atoms with Gasteiger partial charge in [0.1, 0.15) is 0 Å². The van der Waals surface area contributed by atoms with E-state index in [1.165, 1.54) is 25.2 Å². The quantitative estimate of drug-likeness (QED) is 0.403. The highest BCUT2D eigenvalue weighted by Gasteiger charge is 2.37. The lowest BCUT2D eigenvalue weighted by molar-refractivity contribution is -0.170. The molecule has 1 aliphatic rings. The van der Waals surface area contributed by atoms with E-state index in [-0.39, 0.29) is 17.9 Å². The molecule has 0 bridgehead atoms. The van der Waals surface area contributed by atoms with Gasteiger partial charge in [0.2, 0.25) is 5.72 Å². The van der Waals surface area contributed by atoms with E-state index in [1.807, 2.05) is 0 Å². The van der Waals surface area contributed by atoms with Gasteiger partial charge >= 0.3 is 11.7 Å². The highest BCUT2D eigenvalue weighted by Crippen LogP contribution is 2.14. The number of carbonyl (C=O) groups excluding carboxylic acids is 1. The Morgan fingerprint density at radius 1 is 1.41 bits per heavy atom. The monoisotopic (exact) mass is 309 g/mol. The lowest BCUT2D eigenvalue weighted by Crippen LogP contribution is -2.54. The SMILES string of the molecule is CCOC1C=C(C(=O)N[C@](C)(OCC)C(=O)O)C=CC1=[N+]=[N-]. The number of hydrogen-bond donors (Lipinski definition) is 2. The van der Waals surface area contributed by atoms with Gasteiger partial charge in [0.05, 0.1) is 0 Å². The van der Waals surface area contributed by atoms with Crippen LogP contribution in [0.1, 0.15) is 20.8 Å². The molecule has 1 unspecified atom stereocenters. The van der Waals surface area contributed by atoms with Crippen LogP contribution < -0.4 is 5.32 Å². The zero-order valence-corrected chi connectivity index (χ0v) is 12.7. The number of amides is 1. The summed E-state index contributed by atoms with van der Waals surface area (Å²) in [6.45, 7) is 5.12. The van der Waals surface area contributed by atoms with Crippen molar-refractivity contribution in [2.45, 2.75) is 32.6 Å². The van der Waals surface area contributed by atoms with E-state index in [1.54, 1.807) is 13.8 Å². The van der Waals surface area contributed by atoms with Gasteiger partial charge in [-0.05, 0) is 32.9 Å². The molecule has 2 atom stereocenters. The van der Waals surface area contributed by atoms with E-state index in [9.17, 15) is 14.7 Å². The van der Waals surface area contributed by atoms with Gasteiger partial charge in [0, 0.05) is 24.9 Å². The summed E-state index contributed by atoms with van der Waals surface area (Å²) in [5.41, 5.74) is 7.49. The molecule has 8 nitrogen and oxygen atoms in total. The number of carboxylic acids is 1. The Kier molecular flexibility index (Phi) is 6.18. The van der Waals surface area contributed by atoms with Crippen LogP contribution in [-0.4, -0.2) is 52.5 Å². The number of ether oxygens (including phenoxy) is 2. The first-order valence-electron chi connectivity index (χ1n) is 6.81. The minimum atomic E-state index is -1.83. The molecule has 8 heteroatoms. The van der Waals surface area contributed by atoms with Crippen LogP contribution in [0.25, 0.3) is 5.53 Å². The number of nitrogens with one attached hydrogen (secondary N) is 1. The van der Waals surface area contributed by atoms with Crippen LogP contribution in [-0.2, 0) is 19.1 Å². The van der Waals surface area contributed by atoms with E-state index >= 15 is 0 Å². The summed E-state index contributed by atoms with van der Waals surface area (Å²) in [5, 5.41) is 11.5. The van der Waals surface area contributed by atoms with Crippen LogP contribution in [0.2, 0.25) is 0 Å². The third-order valence-electron chi connectivity index (χ3n) is 2.97. The maximum absolute atomic E-state index is 12.2. The third-order valence-corrected chi connectivity index (χ3v) is 2.97. The van der Waals surface area contributed by atoms with Crippen molar-refractivity contribution < 1.29 is 29.0 Å². The van der Waals surface area contributed by atoms with E-state index in [2.05, 4.69) is 10.1 Å². The number of hydrogen-bond acceptors (Lipinski definition) is 4. The van der Waals surface area contributed by atoms with Crippen LogP contribution in [0.15, 0.2) is 23.8 Å². The predicted molar refractivity (Wildman–Crippen MR) is 77.1 cm³/mol. The molecular weight excluding hydrogens is 290 g/mol. The summed E-state index contributed by atoms with van der Waals surface area (Å²) in [4.78, 5) is 26.5. The molecule has 120 valence electrons. The zero-order chi connectivity index (χ0) is 16.8. The predicted octanol–water partition coefficient (Wildman–Crippen LogP) is 0.512. The van der Waals surface area contributed by atoms with Crippen molar-refractivity contribution in [2.24, 2.45) is 0 Å². The van der Waals surface area contributed by atoms with E-state index in [4.69, 9.17) is 15.0 Å². The molecule has 0 aromatic carbocycles. The first-order valence-corrected chi connectivity index (χ1v) is 6.81. The van der Waals surface area contributed by atoms with Gasteiger partial charge in [-0.1, -0.05) is 0 Å². The molecule has 2 N–H and O–H groups in total. The van der Waals surface area contributed by atoms with Crippen molar-refractivity contribution in [3.8, 4) is 0 Å². The van der Waals surface area contributed by atoms with Gasteiger partial charge in [-0.3, -0.25) is 4.79 Å². The van der Waals surface area contributed by atoms with Crippen molar-refractivity contribution in [1.82, 2.24) is 5.32 Å². The number of nitrogens with zero attached hydrogens (tertiary/aromatic N) is 2. The number of rotatable bonds is 7. The normalized spacial score (nSPS) is 19.9. The van der Waals surface area contributed by atoms with Crippen molar-refractivity contribution in [1.29, 1.82) is 0 Å². The molecular formula is C14H19N3O5. The average molecular weight is 309 g/mol. The Hall–Kier alpha value is -2.28. The summed E-state index contributed by atoms with van der Waals surface area (Å²) >= 11 is 0. The first kappa shape index (κ1) is 17.8. The maximum atomic E-state index is 12.2. The van der Waals surface area contributed by atoms with Gasteiger partial charge < -0.3 is 25.4 Å². The van der Waals surface area contributed by atoms with Crippen molar-refractivity contribution in [3.63, 3.8) is 0 Å². The number of carboxylic acid groups (broad SMARTS) is 1. The Bertz CT molecular complexity index is 563. The molecule has 1 amide bonds. The van der Waals surface area contributed by atoms with Gasteiger partial charge in [-0.25, -0.2) is 4.79 Å². The minimum Gasteiger partial charge on any atom is -0.478 e. The van der Waals surface area contributed by atoms with Crippen molar-refractivity contribution >= 4 is 17.6 Å². The molecule has 1 rings (SSSR count). The van der Waals surface area contributed by atoms with Crippen molar-refractivity contribution in [3.05, 3.63) is 29.3 Å². The summed E-state index contributed by atoms with van der Waals surface area (Å²) in [7, 11) is 0. The summed E-state index contributed by atoms with van der Waals surface area (Å²) in [6, 6.07) is 0. The van der Waals surface area contributed by atoms with Gasteiger partial charge in [0.15, 0.2) is 6.10 Å². The molecule has 0 heterocycles. The van der Waals surface area contributed by atoms with Crippen LogP contribution in [0.5, 0.6) is 0 Å². The van der Waals surface area contributed by atoms with E-state index in [0.717, 1.165) is 0 Å². The smallest absolute Gasteiger partial charge is 0.357 e. The van der Waals surface area contributed by atoms with Gasteiger partial charge in [-0.2, -0.15) is 4.79 Å². The fourth-order valence-corrected chi connectivity index (χ4v) is 1.86. The highest BCUT2D eigenvalue weighted by molar-refractivity contribution is 6.05. The second-order valence-electron chi connectivity index (χ2n) is 4.58. The molecule has 0 fully saturated rings. The summed E-state index contributed by atoms with van der Waals surface area (Å²) < 4.78 is 10.4. The first-order chi connectivity index (χ1) is 10.4. The maximum Gasteiger partial charge on any atom is 0.357 e. The van der Waals surface area contributed by atoms with Crippen LogP contribution in [0, 0.1) is 0 Å². The standard InChI is InChI=1S/C14H19N3O5/c1-4-21-11-8-9(6-7-10(11)17-15)12(18)16-14(3,13(19)20)22-5-2/h6-8,11H,4-5H2,1-3H3,(H,16,18)(H,19,20)/t11?,14-/m1/s1. The largest absolute Gasteiger partial charge is 0.478 e. The highest BCUT2D eigenvalue weighted by atomic mass is 16.5. The zero-order valence-electron chi connectivity index (χ0n) is 12.7. The molecule has 1 aliphatic carbocycles. The molecule has 0 aromatic heterocycles. The molecule has 0 aromatic rings. The van der Waals surface area contributed by atoms with E-state index in [0.29, 0.717) is 6.61 Å². The molecule has 0 saturated carbocycles. The number of aliphatic carboxylic acids is 1. The second kappa shape index (κ2) is 7.65. The molecule has 0 aliphatic heterocycles. The van der Waals surface area contributed by atoms with E-state index < -0.39 is 23.7 Å². The Morgan fingerprint density at radius 2 is 2.09 bits per heavy atom. The summed E-state index contributed by atoms with van der Waals surface area (Å²) in [5.74, 6) is -1.93. The van der Waals surface area contributed by atoms with Crippen LogP contribution >= 0.6 is 0 Å². The summed E-state index contributed by atoms with van der Waals surface area (Å²) in [6.07, 6.45) is 3.61. The Morgan fingerprint density at radius 3 is 2.59 bits per heavy atom.